The summed E-state index contributed by atoms with van der Waals surface area (Å²) >= 11 is 0. The molecular formula is C19H23N3O3. The third kappa shape index (κ3) is 3.74. The summed E-state index contributed by atoms with van der Waals surface area (Å²) in [6, 6.07) is 7.63. The SMILES string of the molecule is Cc1cc(C(=O)N2C[C@@H](COCC3CC3)[C@H](c3ccccn3)C2)no1. The lowest BCUT2D eigenvalue weighted by Gasteiger charge is -2.17. The fourth-order valence-electron chi connectivity index (χ4n) is 3.44. The van der Waals surface area contributed by atoms with Crippen LogP contribution in [0, 0.1) is 18.8 Å². The molecule has 0 aromatic carbocycles. The smallest absolute Gasteiger partial charge is 0.276 e. The van der Waals surface area contributed by atoms with E-state index in [2.05, 4.69) is 10.1 Å². The molecule has 3 heterocycles. The highest BCUT2D eigenvalue weighted by atomic mass is 16.5. The lowest BCUT2D eigenvalue weighted by Crippen LogP contribution is -2.29. The molecule has 0 spiro atoms. The summed E-state index contributed by atoms with van der Waals surface area (Å²) in [4.78, 5) is 19.1. The maximum Gasteiger partial charge on any atom is 0.276 e. The minimum Gasteiger partial charge on any atom is -0.381 e. The molecule has 25 heavy (non-hydrogen) atoms. The van der Waals surface area contributed by atoms with E-state index in [9.17, 15) is 4.79 Å². The lowest BCUT2D eigenvalue weighted by atomic mass is 9.93. The van der Waals surface area contributed by atoms with Gasteiger partial charge in [0.05, 0.1) is 6.61 Å². The average molecular weight is 341 g/mol. The van der Waals surface area contributed by atoms with Crippen LogP contribution in [0.4, 0.5) is 0 Å². The highest BCUT2D eigenvalue weighted by molar-refractivity contribution is 5.92. The number of aromatic nitrogens is 2. The van der Waals surface area contributed by atoms with Gasteiger partial charge in [0.1, 0.15) is 5.76 Å². The lowest BCUT2D eigenvalue weighted by molar-refractivity contribution is 0.0731. The fourth-order valence-corrected chi connectivity index (χ4v) is 3.44. The van der Waals surface area contributed by atoms with E-state index in [0.717, 1.165) is 18.2 Å². The molecule has 2 aromatic rings. The van der Waals surface area contributed by atoms with Crippen molar-refractivity contribution in [1.29, 1.82) is 0 Å². The third-order valence-electron chi connectivity index (χ3n) is 5.03. The number of likely N-dealkylation sites (tertiary alicyclic amines) is 1. The Morgan fingerprint density at radius 2 is 2.20 bits per heavy atom. The molecule has 2 fully saturated rings. The van der Waals surface area contributed by atoms with Crippen molar-refractivity contribution in [1.82, 2.24) is 15.0 Å². The van der Waals surface area contributed by atoms with Gasteiger partial charge in [-0.15, -0.1) is 0 Å². The van der Waals surface area contributed by atoms with E-state index < -0.39 is 0 Å². The van der Waals surface area contributed by atoms with Crippen molar-refractivity contribution in [3.8, 4) is 0 Å². The molecule has 132 valence electrons. The largest absolute Gasteiger partial charge is 0.381 e. The highest BCUT2D eigenvalue weighted by Gasteiger charge is 2.38. The van der Waals surface area contributed by atoms with Gasteiger partial charge in [0.2, 0.25) is 0 Å². The number of rotatable bonds is 6. The number of aryl methyl sites for hydroxylation is 1. The summed E-state index contributed by atoms with van der Waals surface area (Å²) < 4.78 is 11.0. The van der Waals surface area contributed by atoms with Crippen LogP contribution in [0.5, 0.6) is 0 Å². The summed E-state index contributed by atoms with van der Waals surface area (Å²) in [5.74, 6) is 1.75. The number of nitrogens with zero attached hydrogens (tertiary/aromatic N) is 3. The molecule has 1 aliphatic heterocycles. The van der Waals surface area contributed by atoms with Gasteiger partial charge in [-0.05, 0) is 37.8 Å². The van der Waals surface area contributed by atoms with E-state index in [0.29, 0.717) is 31.2 Å². The van der Waals surface area contributed by atoms with Gasteiger partial charge in [0.25, 0.3) is 5.91 Å². The van der Waals surface area contributed by atoms with Gasteiger partial charge in [-0.2, -0.15) is 0 Å². The number of hydrogen-bond donors (Lipinski definition) is 0. The van der Waals surface area contributed by atoms with E-state index in [1.54, 1.807) is 13.0 Å². The maximum atomic E-state index is 12.7. The zero-order valence-corrected chi connectivity index (χ0v) is 14.4. The summed E-state index contributed by atoms with van der Waals surface area (Å²) in [5.41, 5.74) is 1.39. The highest BCUT2D eigenvalue weighted by Crippen LogP contribution is 2.34. The first-order chi connectivity index (χ1) is 12.2. The first-order valence-electron chi connectivity index (χ1n) is 8.92. The molecular weight excluding hydrogens is 318 g/mol. The second-order valence-electron chi connectivity index (χ2n) is 7.13. The molecule has 2 aliphatic rings. The Bertz CT molecular complexity index is 727. The van der Waals surface area contributed by atoms with Gasteiger partial charge in [0.15, 0.2) is 5.69 Å². The second kappa shape index (κ2) is 6.96. The minimum absolute atomic E-state index is 0.0810. The molecule has 2 aromatic heterocycles. The Labute approximate surface area is 147 Å². The van der Waals surface area contributed by atoms with Gasteiger partial charge in [-0.3, -0.25) is 9.78 Å². The Morgan fingerprint density at radius 3 is 2.88 bits per heavy atom. The van der Waals surface area contributed by atoms with Crippen molar-refractivity contribution in [3.05, 3.63) is 47.6 Å². The zero-order valence-electron chi connectivity index (χ0n) is 14.4. The standard InChI is InChI=1S/C19H23N3O3/c1-13-8-18(21-25-13)19(23)22-9-15(12-24-11-14-5-6-14)16(10-22)17-4-2-3-7-20-17/h2-4,7-8,14-16H,5-6,9-12H2,1H3/t15-,16+/m0/s1. The third-order valence-corrected chi connectivity index (χ3v) is 5.03. The molecule has 1 aliphatic carbocycles. The molecule has 0 unspecified atom stereocenters. The summed E-state index contributed by atoms with van der Waals surface area (Å²) in [6.45, 7) is 4.59. The quantitative estimate of drug-likeness (QED) is 0.808. The summed E-state index contributed by atoms with van der Waals surface area (Å²) in [6.07, 6.45) is 4.37. The van der Waals surface area contributed by atoms with Crippen molar-refractivity contribution in [3.63, 3.8) is 0 Å². The molecule has 6 heteroatoms. The molecule has 1 saturated carbocycles. The molecule has 1 saturated heterocycles. The van der Waals surface area contributed by atoms with Crippen LogP contribution < -0.4 is 0 Å². The van der Waals surface area contributed by atoms with Crippen molar-refractivity contribution < 1.29 is 14.1 Å². The first kappa shape index (κ1) is 16.3. The molecule has 4 rings (SSSR count). The van der Waals surface area contributed by atoms with Gasteiger partial charge in [-0.1, -0.05) is 11.2 Å². The average Bonchev–Trinajstić information content (AvgIpc) is 3.19. The number of amides is 1. The topological polar surface area (TPSA) is 68.5 Å². The molecule has 0 bridgehead atoms. The predicted molar refractivity (Wildman–Crippen MR) is 91.2 cm³/mol. The molecule has 2 atom stereocenters. The van der Waals surface area contributed by atoms with Crippen LogP contribution in [-0.2, 0) is 4.74 Å². The summed E-state index contributed by atoms with van der Waals surface area (Å²) in [5, 5.41) is 3.86. The van der Waals surface area contributed by atoms with E-state index in [4.69, 9.17) is 9.26 Å². The number of carbonyl (C=O) groups is 1. The van der Waals surface area contributed by atoms with Gasteiger partial charge < -0.3 is 14.2 Å². The van der Waals surface area contributed by atoms with E-state index in [1.165, 1.54) is 12.8 Å². The van der Waals surface area contributed by atoms with Crippen molar-refractivity contribution >= 4 is 5.91 Å². The van der Waals surface area contributed by atoms with Crippen molar-refractivity contribution in [2.24, 2.45) is 11.8 Å². The zero-order chi connectivity index (χ0) is 17.2. The Kier molecular flexibility index (Phi) is 4.53. The van der Waals surface area contributed by atoms with Gasteiger partial charge >= 0.3 is 0 Å². The van der Waals surface area contributed by atoms with Crippen molar-refractivity contribution in [2.45, 2.75) is 25.7 Å². The maximum absolute atomic E-state index is 12.7. The van der Waals surface area contributed by atoms with E-state index in [1.807, 2.05) is 29.3 Å². The fraction of sp³-hybridized carbons (Fsp3) is 0.526. The van der Waals surface area contributed by atoms with Crippen molar-refractivity contribution in [2.75, 3.05) is 26.3 Å². The molecule has 0 radical (unpaired) electrons. The van der Waals surface area contributed by atoms with Crippen LogP contribution in [0.1, 0.15) is 40.7 Å². The minimum atomic E-state index is -0.0810. The Morgan fingerprint density at radius 1 is 1.32 bits per heavy atom. The van der Waals surface area contributed by atoms with Crippen LogP contribution >= 0.6 is 0 Å². The van der Waals surface area contributed by atoms with E-state index >= 15 is 0 Å². The number of pyridine rings is 1. The number of ether oxygens (including phenoxy) is 1. The van der Waals surface area contributed by atoms with Crippen LogP contribution in [0.25, 0.3) is 0 Å². The van der Waals surface area contributed by atoms with Gasteiger partial charge in [0, 0.05) is 49.5 Å². The number of carbonyl (C=O) groups excluding carboxylic acids is 1. The second-order valence-corrected chi connectivity index (χ2v) is 7.13. The van der Waals surface area contributed by atoms with Gasteiger partial charge in [-0.25, -0.2) is 0 Å². The Balaban J connectivity index is 1.47. The Hall–Kier alpha value is -2.21. The van der Waals surface area contributed by atoms with Crippen LogP contribution in [-0.4, -0.2) is 47.3 Å². The monoisotopic (exact) mass is 341 g/mol. The predicted octanol–water partition coefficient (Wildman–Crippen LogP) is 2.66. The van der Waals surface area contributed by atoms with E-state index in [-0.39, 0.29) is 17.7 Å². The molecule has 0 N–H and O–H groups in total. The van der Waals surface area contributed by atoms with Crippen LogP contribution in [0.15, 0.2) is 35.0 Å². The summed E-state index contributed by atoms with van der Waals surface area (Å²) in [7, 11) is 0. The number of hydrogen-bond acceptors (Lipinski definition) is 5. The molecule has 6 nitrogen and oxygen atoms in total. The van der Waals surface area contributed by atoms with Crippen LogP contribution in [0.3, 0.4) is 0 Å². The molecule has 1 amide bonds. The van der Waals surface area contributed by atoms with Crippen LogP contribution in [0.2, 0.25) is 0 Å². The normalized spacial score (nSPS) is 23.2. The first-order valence-corrected chi connectivity index (χ1v) is 8.92.